The van der Waals surface area contributed by atoms with E-state index in [0.717, 1.165) is 12.8 Å². The molecule has 0 radical (unpaired) electrons. The van der Waals surface area contributed by atoms with Crippen molar-refractivity contribution in [2.45, 2.75) is 25.5 Å². The smallest absolute Gasteiger partial charge is 0.263 e. The molecular weight excluding hydrogens is 379 g/mol. The molecule has 0 saturated carbocycles. The molecular formula is C20H19FN4O4. The SMILES string of the molecule is O=C(Cn1cccc(-c2nc(-c3ccc(F)cc3)no2)c1=O)NC[C@H]1CCCO1. The van der Waals surface area contributed by atoms with Crippen LogP contribution in [-0.2, 0) is 16.1 Å². The number of carbonyl (C=O) groups excluding carboxylic acids is 1. The number of carbonyl (C=O) groups is 1. The molecule has 1 amide bonds. The van der Waals surface area contributed by atoms with E-state index in [0.29, 0.717) is 18.7 Å². The lowest BCUT2D eigenvalue weighted by Gasteiger charge is -2.11. The molecule has 3 aromatic rings. The summed E-state index contributed by atoms with van der Waals surface area (Å²) in [7, 11) is 0. The first-order valence-corrected chi connectivity index (χ1v) is 9.28. The minimum Gasteiger partial charge on any atom is -0.376 e. The molecule has 1 N–H and O–H groups in total. The van der Waals surface area contributed by atoms with Gasteiger partial charge in [-0.15, -0.1) is 0 Å². The lowest BCUT2D eigenvalue weighted by molar-refractivity contribution is -0.122. The predicted octanol–water partition coefficient (Wildman–Crippen LogP) is 2.00. The van der Waals surface area contributed by atoms with Crippen molar-refractivity contribution in [3.8, 4) is 22.8 Å². The molecule has 1 saturated heterocycles. The van der Waals surface area contributed by atoms with Crippen LogP contribution in [0.5, 0.6) is 0 Å². The minimum absolute atomic E-state index is 0.0310. The van der Waals surface area contributed by atoms with Crippen LogP contribution in [0.15, 0.2) is 51.9 Å². The van der Waals surface area contributed by atoms with Crippen LogP contribution in [0.4, 0.5) is 4.39 Å². The third-order valence-corrected chi connectivity index (χ3v) is 4.64. The van der Waals surface area contributed by atoms with Gasteiger partial charge >= 0.3 is 0 Å². The van der Waals surface area contributed by atoms with Crippen molar-refractivity contribution in [3.05, 3.63) is 58.8 Å². The molecule has 0 unspecified atom stereocenters. The number of aromatic nitrogens is 3. The van der Waals surface area contributed by atoms with Crippen molar-refractivity contribution in [1.29, 1.82) is 0 Å². The van der Waals surface area contributed by atoms with E-state index in [-0.39, 0.29) is 41.7 Å². The number of benzene rings is 1. The Morgan fingerprint density at radius 3 is 2.86 bits per heavy atom. The maximum atomic E-state index is 13.1. The molecule has 2 aromatic heterocycles. The van der Waals surface area contributed by atoms with E-state index in [1.165, 1.54) is 35.0 Å². The van der Waals surface area contributed by atoms with E-state index < -0.39 is 5.56 Å². The van der Waals surface area contributed by atoms with Gasteiger partial charge < -0.3 is 19.1 Å². The van der Waals surface area contributed by atoms with Crippen molar-refractivity contribution in [1.82, 2.24) is 20.0 Å². The van der Waals surface area contributed by atoms with E-state index in [4.69, 9.17) is 9.26 Å². The summed E-state index contributed by atoms with van der Waals surface area (Å²) in [6.07, 6.45) is 3.47. The molecule has 8 nitrogen and oxygen atoms in total. The summed E-state index contributed by atoms with van der Waals surface area (Å²) in [5.41, 5.74) is 0.320. The number of amides is 1. The summed E-state index contributed by atoms with van der Waals surface area (Å²) in [6.45, 7) is 1.02. The monoisotopic (exact) mass is 398 g/mol. The first kappa shape index (κ1) is 19.0. The van der Waals surface area contributed by atoms with Gasteiger partial charge in [0.05, 0.1) is 6.10 Å². The second-order valence-electron chi connectivity index (χ2n) is 6.72. The Morgan fingerprint density at radius 2 is 2.10 bits per heavy atom. The van der Waals surface area contributed by atoms with Gasteiger partial charge in [-0.05, 0) is 49.2 Å². The second kappa shape index (κ2) is 8.36. The number of halogens is 1. The average molecular weight is 398 g/mol. The van der Waals surface area contributed by atoms with Crippen LogP contribution < -0.4 is 10.9 Å². The van der Waals surface area contributed by atoms with Gasteiger partial charge in [0.15, 0.2) is 0 Å². The van der Waals surface area contributed by atoms with Crippen molar-refractivity contribution < 1.29 is 18.4 Å². The number of rotatable bonds is 6. The zero-order valence-electron chi connectivity index (χ0n) is 15.5. The molecule has 1 atom stereocenters. The molecule has 1 aromatic carbocycles. The lowest BCUT2D eigenvalue weighted by Crippen LogP contribution is -2.36. The first-order valence-electron chi connectivity index (χ1n) is 9.28. The fourth-order valence-electron chi connectivity index (χ4n) is 3.12. The van der Waals surface area contributed by atoms with Crippen LogP contribution in [0.1, 0.15) is 12.8 Å². The Labute approximate surface area is 165 Å². The van der Waals surface area contributed by atoms with Crippen molar-refractivity contribution >= 4 is 5.91 Å². The van der Waals surface area contributed by atoms with Gasteiger partial charge in [0.25, 0.3) is 11.4 Å². The third kappa shape index (κ3) is 4.40. The summed E-state index contributed by atoms with van der Waals surface area (Å²) in [5, 5.41) is 6.63. The largest absolute Gasteiger partial charge is 0.376 e. The highest BCUT2D eigenvalue weighted by molar-refractivity contribution is 5.75. The van der Waals surface area contributed by atoms with Crippen LogP contribution >= 0.6 is 0 Å². The third-order valence-electron chi connectivity index (χ3n) is 4.64. The van der Waals surface area contributed by atoms with Gasteiger partial charge in [0, 0.05) is 24.9 Å². The summed E-state index contributed by atoms with van der Waals surface area (Å²) < 4.78 is 25.0. The van der Waals surface area contributed by atoms with Crippen molar-refractivity contribution in [3.63, 3.8) is 0 Å². The maximum absolute atomic E-state index is 13.1. The Hall–Kier alpha value is -3.33. The summed E-state index contributed by atoms with van der Waals surface area (Å²) >= 11 is 0. The highest BCUT2D eigenvalue weighted by Gasteiger charge is 2.18. The Bertz CT molecular complexity index is 1050. The molecule has 1 fully saturated rings. The Kier molecular flexibility index (Phi) is 5.48. The molecule has 1 aliphatic heterocycles. The molecule has 0 spiro atoms. The van der Waals surface area contributed by atoms with E-state index in [9.17, 15) is 14.0 Å². The summed E-state index contributed by atoms with van der Waals surface area (Å²) in [6, 6.07) is 8.79. The van der Waals surface area contributed by atoms with Crippen LogP contribution in [0.3, 0.4) is 0 Å². The number of nitrogens with one attached hydrogen (secondary N) is 1. The zero-order chi connectivity index (χ0) is 20.2. The van der Waals surface area contributed by atoms with E-state index >= 15 is 0 Å². The Balaban J connectivity index is 1.48. The zero-order valence-corrected chi connectivity index (χ0v) is 15.5. The molecule has 0 aliphatic carbocycles. The molecule has 150 valence electrons. The molecule has 1 aliphatic rings. The Morgan fingerprint density at radius 1 is 1.28 bits per heavy atom. The quantitative estimate of drug-likeness (QED) is 0.682. The standard InChI is InChI=1S/C20H19FN4O4/c21-14-7-5-13(6-8-14)18-23-19(29-24-18)16-4-1-9-25(20(16)27)12-17(26)22-11-15-3-2-10-28-15/h1,4-9,15H,2-3,10-12H2,(H,22,26)/t15-/m1/s1. The number of pyridine rings is 1. The molecule has 0 bridgehead atoms. The van der Waals surface area contributed by atoms with Gasteiger partial charge in [-0.3, -0.25) is 9.59 Å². The fourth-order valence-corrected chi connectivity index (χ4v) is 3.12. The highest BCUT2D eigenvalue weighted by Crippen LogP contribution is 2.20. The number of hydrogen-bond donors (Lipinski definition) is 1. The van der Waals surface area contributed by atoms with Crippen molar-refractivity contribution in [2.24, 2.45) is 0 Å². The lowest BCUT2D eigenvalue weighted by atomic mass is 10.2. The predicted molar refractivity (Wildman–Crippen MR) is 101 cm³/mol. The van der Waals surface area contributed by atoms with Gasteiger partial charge in [0.1, 0.15) is 17.9 Å². The number of nitrogens with zero attached hydrogens (tertiary/aromatic N) is 3. The van der Waals surface area contributed by atoms with Crippen molar-refractivity contribution in [2.75, 3.05) is 13.2 Å². The molecule has 3 heterocycles. The average Bonchev–Trinajstić information content (AvgIpc) is 3.41. The number of hydrogen-bond acceptors (Lipinski definition) is 6. The van der Waals surface area contributed by atoms with Crippen LogP contribution in [0.25, 0.3) is 22.8 Å². The van der Waals surface area contributed by atoms with Gasteiger partial charge in [0.2, 0.25) is 11.7 Å². The van der Waals surface area contributed by atoms with Crippen LogP contribution in [0.2, 0.25) is 0 Å². The minimum atomic E-state index is -0.422. The van der Waals surface area contributed by atoms with Gasteiger partial charge in [-0.1, -0.05) is 5.16 Å². The summed E-state index contributed by atoms with van der Waals surface area (Å²) in [5.74, 6) is -0.383. The fraction of sp³-hybridized carbons (Fsp3) is 0.300. The topological polar surface area (TPSA) is 99.3 Å². The molecule has 4 rings (SSSR count). The highest BCUT2D eigenvalue weighted by atomic mass is 19.1. The first-order chi connectivity index (χ1) is 14.1. The number of ether oxygens (including phenoxy) is 1. The second-order valence-corrected chi connectivity index (χ2v) is 6.72. The van der Waals surface area contributed by atoms with Crippen LogP contribution in [0, 0.1) is 5.82 Å². The summed E-state index contributed by atoms with van der Waals surface area (Å²) in [4.78, 5) is 29.1. The molecule has 29 heavy (non-hydrogen) atoms. The van der Waals surface area contributed by atoms with Gasteiger partial charge in [-0.2, -0.15) is 4.98 Å². The van der Waals surface area contributed by atoms with Gasteiger partial charge in [-0.25, -0.2) is 4.39 Å². The van der Waals surface area contributed by atoms with E-state index in [1.807, 2.05) is 0 Å². The normalized spacial score (nSPS) is 16.1. The van der Waals surface area contributed by atoms with E-state index in [1.54, 1.807) is 12.1 Å². The maximum Gasteiger partial charge on any atom is 0.263 e. The van der Waals surface area contributed by atoms with Crippen LogP contribution in [-0.4, -0.2) is 39.9 Å². The molecule has 9 heteroatoms. The van der Waals surface area contributed by atoms with E-state index in [2.05, 4.69) is 15.5 Å².